The highest BCUT2D eigenvalue weighted by Crippen LogP contribution is 2.15. The van der Waals surface area contributed by atoms with Gasteiger partial charge in [0.05, 0.1) is 6.20 Å². The summed E-state index contributed by atoms with van der Waals surface area (Å²) in [6.07, 6.45) is 2.59. The van der Waals surface area contributed by atoms with E-state index in [1.807, 2.05) is 13.0 Å². The van der Waals surface area contributed by atoms with Crippen molar-refractivity contribution in [2.24, 2.45) is 0 Å². The van der Waals surface area contributed by atoms with Crippen molar-refractivity contribution in [3.8, 4) is 0 Å². The molecule has 1 heterocycles. The van der Waals surface area contributed by atoms with Crippen LogP contribution in [0.1, 0.15) is 5.56 Å². The third-order valence-corrected chi connectivity index (χ3v) is 3.40. The molecule has 16 heavy (non-hydrogen) atoms. The number of hydrogen-bond donors (Lipinski definition) is 2. The molecule has 1 aromatic carbocycles. The van der Waals surface area contributed by atoms with Crippen molar-refractivity contribution in [1.29, 1.82) is 0 Å². The highest BCUT2D eigenvalue weighted by atomic mass is 32.2. The van der Waals surface area contributed by atoms with Crippen molar-refractivity contribution in [2.75, 3.05) is 4.72 Å². The molecule has 0 amide bonds. The summed E-state index contributed by atoms with van der Waals surface area (Å²) < 4.78 is 26.1. The number of hydrogen-bond acceptors (Lipinski definition) is 3. The van der Waals surface area contributed by atoms with Crippen molar-refractivity contribution in [3.05, 3.63) is 42.2 Å². The average Bonchev–Trinajstić information content (AvgIpc) is 2.69. The second kappa shape index (κ2) is 3.97. The number of sulfonamides is 1. The molecule has 2 aromatic rings. The highest BCUT2D eigenvalue weighted by molar-refractivity contribution is 7.92. The molecule has 1 aromatic heterocycles. The molecule has 2 rings (SSSR count). The fourth-order valence-corrected chi connectivity index (χ4v) is 2.26. The number of benzene rings is 1. The van der Waals surface area contributed by atoms with Crippen LogP contribution >= 0.6 is 0 Å². The minimum Gasteiger partial charge on any atom is -0.284 e. The van der Waals surface area contributed by atoms with E-state index < -0.39 is 10.0 Å². The summed E-state index contributed by atoms with van der Waals surface area (Å²) in [4.78, 5) is 0.119. The molecule has 0 aliphatic carbocycles. The van der Waals surface area contributed by atoms with Crippen LogP contribution in [0.25, 0.3) is 0 Å². The second-order valence-corrected chi connectivity index (χ2v) is 5.09. The summed E-state index contributed by atoms with van der Waals surface area (Å²) in [7, 11) is -3.53. The second-order valence-electron chi connectivity index (χ2n) is 3.41. The fraction of sp³-hybridized carbons (Fsp3) is 0.100. The molecule has 5 nitrogen and oxygen atoms in total. The van der Waals surface area contributed by atoms with Crippen LogP contribution in [0.2, 0.25) is 0 Å². The maximum Gasteiger partial charge on any atom is 0.265 e. The fourth-order valence-electron chi connectivity index (χ4n) is 1.31. The van der Waals surface area contributed by atoms with Gasteiger partial charge in [0, 0.05) is 11.9 Å². The first-order valence-corrected chi connectivity index (χ1v) is 6.14. The lowest BCUT2D eigenvalue weighted by molar-refractivity contribution is 0.601. The highest BCUT2D eigenvalue weighted by Gasteiger charge is 2.14. The molecule has 0 aliphatic rings. The van der Waals surface area contributed by atoms with E-state index in [-0.39, 0.29) is 4.90 Å². The molecule has 0 atom stereocenters. The molecular weight excluding hydrogens is 226 g/mol. The van der Waals surface area contributed by atoms with Gasteiger partial charge in [0.1, 0.15) is 4.90 Å². The molecule has 0 fully saturated rings. The van der Waals surface area contributed by atoms with Gasteiger partial charge in [0.2, 0.25) is 0 Å². The third-order valence-electron chi connectivity index (χ3n) is 2.05. The van der Waals surface area contributed by atoms with Crippen molar-refractivity contribution >= 4 is 15.7 Å². The number of aromatic amines is 1. The lowest BCUT2D eigenvalue weighted by Gasteiger charge is -2.06. The van der Waals surface area contributed by atoms with Crippen LogP contribution < -0.4 is 4.72 Å². The van der Waals surface area contributed by atoms with Crippen LogP contribution in [0, 0.1) is 6.92 Å². The normalized spacial score (nSPS) is 11.3. The summed E-state index contributed by atoms with van der Waals surface area (Å²) in [5.41, 5.74) is 1.54. The number of rotatable bonds is 3. The van der Waals surface area contributed by atoms with Gasteiger partial charge in [-0.2, -0.15) is 5.10 Å². The van der Waals surface area contributed by atoms with Crippen LogP contribution in [-0.2, 0) is 10.0 Å². The van der Waals surface area contributed by atoms with Crippen molar-refractivity contribution < 1.29 is 8.42 Å². The van der Waals surface area contributed by atoms with Crippen LogP contribution in [0.5, 0.6) is 0 Å². The van der Waals surface area contributed by atoms with Crippen molar-refractivity contribution in [2.45, 2.75) is 11.8 Å². The lowest BCUT2D eigenvalue weighted by Crippen LogP contribution is -2.12. The van der Waals surface area contributed by atoms with E-state index >= 15 is 0 Å². The topological polar surface area (TPSA) is 74.8 Å². The molecule has 0 spiro atoms. The molecule has 2 N–H and O–H groups in total. The van der Waals surface area contributed by atoms with Gasteiger partial charge < -0.3 is 0 Å². The number of H-pyrrole nitrogens is 1. The number of nitrogens with zero attached hydrogens (tertiary/aromatic N) is 1. The maximum atomic E-state index is 11.8. The zero-order chi connectivity index (χ0) is 11.6. The Hall–Kier alpha value is -1.82. The summed E-state index contributed by atoms with van der Waals surface area (Å²) in [6, 6.07) is 7.15. The SMILES string of the molecule is Cc1cccc(NS(=O)(=O)c2cn[nH]c2)c1. The molecule has 6 heteroatoms. The number of nitrogens with one attached hydrogen (secondary N) is 2. The zero-order valence-corrected chi connectivity index (χ0v) is 9.45. The maximum absolute atomic E-state index is 11.8. The Morgan fingerprint density at radius 1 is 1.38 bits per heavy atom. The molecule has 0 unspecified atom stereocenters. The van der Waals surface area contributed by atoms with E-state index in [9.17, 15) is 8.42 Å². The van der Waals surface area contributed by atoms with Crippen molar-refractivity contribution in [1.82, 2.24) is 10.2 Å². The minimum atomic E-state index is -3.53. The summed E-state index contributed by atoms with van der Waals surface area (Å²) in [6.45, 7) is 1.90. The van der Waals surface area contributed by atoms with Crippen LogP contribution in [0.15, 0.2) is 41.6 Å². The Morgan fingerprint density at radius 3 is 2.81 bits per heavy atom. The Bertz CT molecular complexity index is 576. The minimum absolute atomic E-state index is 0.119. The quantitative estimate of drug-likeness (QED) is 0.849. The van der Waals surface area contributed by atoms with Crippen LogP contribution in [0.3, 0.4) is 0 Å². The predicted molar refractivity (Wildman–Crippen MR) is 60.6 cm³/mol. The Morgan fingerprint density at radius 2 is 2.19 bits per heavy atom. The largest absolute Gasteiger partial charge is 0.284 e. The Kier molecular flexibility index (Phi) is 2.66. The molecule has 0 saturated heterocycles. The smallest absolute Gasteiger partial charge is 0.265 e. The van der Waals surface area contributed by atoms with Gasteiger partial charge in [-0.1, -0.05) is 12.1 Å². The van der Waals surface area contributed by atoms with E-state index in [4.69, 9.17) is 0 Å². The van der Waals surface area contributed by atoms with Crippen LogP contribution in [-0.4, -0.2) is 18.6 Å². The zero-order valence-electron chi connectivity index (χ0n) is 8.64. The van der Waals surface area contributed by atoms with Gasteiger partial charge in [-0.25, -0.2) is 8.42 Å². The van der Waals surface area contributed by atoms with E-state index in [0.717, 1.165) is 5.56 Å². The summed E-state index contributed by atoms with van der Waals surface area (Å²) in [5, 5.41) is 6.07. The Labute approximate surface area is 93.6 Å². The molecule has 0 aliphatic heterocycles. The molecule has 84 valence electrons. The van der Waals surface area contributed by atoms with E-state index in [1.54, 1.807) is 18.2 Å². The van der Waals surface area contributed by atoms with Gasteiger partial charge in [0.25, 0.3) is 10.0 Å². The van der Waals surface area contributed by atoms with Crippen molar-refractivity contribution in [3.63, 3.8) is 0 Å². The van der Waals surface area contributed by atoms with Gasteiger partial charge in [-0.3, -0.25) is 9.82 Å². The summed E-state index contributed by atoms with van der Waals surface area (Å²) in [5.74, 6) is 0. The molecule has 0 radical (unpaired) electrons. The van der Waals surface area contributed by atoms with Gasteiger partial charge >= 0.3 is 0 Å². The number of aromatic nitrogens is 2. The van der Waals surface area contributed by atoms with Gasteiger partial charge in [-0.15, -0.1) is 0 Å². The van der Waals surface area contributed by atoms with Crippen LogP contribution in [0.4, 0.5) is 5.69 Å². The van der Waals surface area contributed by atoms with Gasteiger partial charge in [0.15, 0.2) is 0 Å². The Balaban J connectivity index is 2.29. The number of aryl methyl sites for hydroxylation is 1. The number of anilines is 1. The standard InChI is InChI=1S/C10H11N3O2S/c1-8-3-2-4-9(5-8)13-16(14,15)10-6-11-12-7-10/h2-7,13H,1H3,(H,11,12). The van der Waals surface area contributed by atoms with E-state index in [1.165, 1.54) is 12.4 Å². The summed E-state index contributed by atoms with van der Waals surface area (Å²) >= 11 is 0. The monoisotopic (exact) mass is 237 g/mol. The average molecular weight is 237 g/mol. The first kappa shape index (κ1) is 10.7. The molecular formula is C10H11N3O2S. The third kappa shape index (κ3) is 2.22. The molecule has 0 bridgehead atoms. The van der Waals surface area contributed by atoms with E-state index in [2.05, 4.69) is 14.9 Å². The lowest BCUT2D eigenvalue weighted by atomic mass is 10.2. The van der Waals surface area contributed by atoms with E-state index in [0.29, 0.717) is 5.69 Å². The molecule has 0 saturated carbocycles. The first-order chi connectivity index (χ1) is 7.58. The van der Waals surface area contributed by atoms with Gasteiger partial charge in [-0.05, 0) is 24.6 Å². The predicted octanol–water partition coefficient (Wildman–Crippen LogP) is 1.52. The first-order valence-electron chi connectivity index (χ1n) is 4.66.